The number of carbonyl (C=O) groups is 1. The number of methoxy groups -OCH3 is 1. The number of para-hydroxylation sites is 1. The van der Waals surface area contributed by atoms with Gasteiger partial charge in [-0.05, 0) is 36.8 Å². The number of nitrogens with zero attached hydrogens (tertiary/aromatic N) is 2. The van der Waals surface area contributed by atoms with E-state index in [4.69, 9.17) is 16.3 Å². The van der Waals surface area contributed by atoms with Gasteiger partial charge in [-0.15, -0.1) is 0 Å². The second-order valence-electron chi connectivity index (χ2n) is 5.80. The fourth-order valence-corrected chi connectivity index (χ4v) is 2.70. The van der Waals surface area contributed by atoms with Crippen LogP contribution in [0.25, 0.3) is 0 Å². The van der Waals surface area contributed by atoms with Gasteiger partial charge in [-0.2, -0.15) is 0 Å². The van der Waals surface area contributed by atoms with Crippen molar-refractivity contribution in [3.63, 3.8) is 0 Å². The van der Waals surface area contributed by atoms with Gasteiger partial charge in [-0.3, -0.25) is 4.79 Å². The van der Waals surface area contributed by atoms with E-state index in [-0.39, 0.29) is 11.6 Å². The quantitative estimate of drug-likeness (QED) is 0.664. The molecule has 138 valence electrons. The normalized spacial score (nSPS) is 10.3. The Morgan fingerprint density at radius 3 is 2.78 bits per heavy atom. The Hall–Kier alpha value is -3.12. The number of ether oxygens (including phenoxy) is 1. The number of amides is 1. The van der Waals surface area contributed by atoms with E-state index in [1.165, 1.54) is 6.20 Å². The smallest absolute Gasteiger partial charge is 0.274 e. The van der Waals surface area contributed by atoms with E-state index in [0.29, 0.717) is 23.2 Å². The third kappa shape index (κ3) is 4.54. The molecular weight excluding hydrogens is 364 g/mol. The van der Waals surface area contributed by atoms with Crippen LogP contribution in [0.4, 0.5) is 11.6 Å². The van der Waals surface area contributed by atoms with E-state index in [1.807, 2.05) is 31.2 Å². The molecule has 0 saturated heterocycles. The molecule has 7 heteroatoms. The number of nitrogens with one attached hydrogen (secondary N) is 2. The Balaban J connectivity index is 1.71. The summed E-state index contributed by atoms with van der Waals surface area (Å²) in [6, 6.07) is 14.6. The maximum atomic E-state index is 12.5. The SMILES string of the molecule is COc1ccccc1CNc1nccc(C(=O)Nc2cccc(Cl)c2C)n1. The molecule has 1 aromatic heterocycles. The molecule has 0 atom stereocenters. The summed E-state index contributed by atoms with van der Waals surface area (Å²) in [7, 11) is 1.62. The van der Waals surface area contributed by atoms with E-state index in [2.05, 4.69) is 20.6 Å². The molecule has 0 aliphatic rings. The Bertz CT molecular complexity index is 962. The molecule has 3 aromatic rings. The van der Waals surface area contributed by atoms with Crippen molar-refractivity contribution in [3.05, 3.63) is 76.6 Å². The first-order valence-corrected chi connectivity index (χ1v) is 8.71. The topological polar surface area (TPSA) is 76.1 Å². The number of halogens is 1. The van der Waals surface area contributed by atoms with Crippen LogP contribution in [0.2, 0.25) is 5.02 Å². The molecule has 0 radical (unpaired) electrons. The molecule has 1 heterocycles. The van der Waals surface area contributed by atoms with Gasteiger partial charge in [0.05, 0.1) is 7.11 Å². The standard InChI is InChI=1S/C20H19ClN4O2/c1-13-15(21)7-5-8-16(13)24-19(26)17-10-11-22-20(25-17)23-12-14-6-3-4-9-18(14)27-2/h3-11H,12H2,1-2H3,(H,24,26)(H,22,23,25). The zero-order chi connectivity index (χ0) is 19.2. The van der Waals surface area contributed by atoms with Gasteiger partial charge >= 0.3 is 0 Å². The lowest BCUT2D eigenvalue weighted by molar-refractivity contribution is 0.102. The average Bonchev–Trinajstić information content (AvgIpc) is 2.70. The van der Waals surface area contributed by atoms with Gasteiger partial charge < -0.3 is 15.4 Å². The van der Waals surface area contributed by atoms with Crippen molar-refractivity contribution in [2.75, 3.05) is 17.7 Å². The highest BCUT2D eigenvalue weighted by atomic mass is 35.5. The Morgan fingerprint density at radius 1 is 1.15 bits per heavy atom. The van der Waals surface area contributed by atoms with Crippen LogP contribution in [-0.4, -0.2) is 23.0 Å². The molecule has 2 aromatic carbocycles. The van der Waals surface area contributed by atoms with Gasteiger partial charge in [0.15, 0.2) is 0 Å². The molecule has 0 spiro atoms. The summed E-state index contributed by atoms with van der Waals surface area (Å²) in [6.07, 6.45) is 1.54. The van der Waals surface area contributed by atoms with Gasteiger partial charge in [-0.25, -0.2) is 9.97 Å². The predicted octanol–water partition coefficient (Wildman–Crippen LogP) is 4.31. The summed E-state index contributed by atoms with van der Waals surface area (Å²) in [5, 5.41) is 6.53. The van der Waals surface area contributed by atoms with E-state index in [0.717, 1.165) is 16.9 Å². The van der Waals surface area contributed by atoms with E-state index < -0.39 is 0 Å². The van der Waals surface area contributed by atoms with E-state index in [9.17, 15) is 4.79 Å². The van der Waals surface area contributed by atoms with Gasteiger partial charge in [0, 0.05) is 29.0 Å². The van der Waals surface area contributed by atoms with Crippen molar-refractivity contribution in [2.24, 2.45) is 0 Å². The third-order valence-corrected chi connectivity index (χ3v) is 4.44. The minimum Gasteiger partial charge on any atom is -0.496 e. The van der Waals surface area contributed by atoms with Gasteiger partial charge in [0.2, 0.25) is 5.95 Å². The van der Waals surface area contributed by atoms with Gasteiger partial charge in [-0.1, -0.05) is 35.9 Å². The molecule has 0 saturated carbocycles. The number of hydrogen-bond acceptors (Lipinski definition) is 5. The molecule has 0 unspecified atom stereocenters. The Kier molecular flexibility index (Phi) is 5.88. The van der Waals surface area contributed by atoms with E-state index >= 15 is 0 Å². The first-order valence-electron chi connectivity index (χ1n) is 8.33. The zero-order valence-electron chi connectivity index (χ0n) is 15.0. The lowest BCUT2D eigenvalue weighted by Gasteiger charge is -2.11. The van der Waals surface area contributed by atoms with Crippen molar-refractivity contribution in [1.29, 1.82) is 0 Å². The monoisotopic (exact) mass is 382 g/mol. The molecule has 0 fully saturated rings. The summed E-state index contributed by atoms with van der Waals surface area (Å²) >= 11 is 6.10. The van der Waals surface area contributed by atoms with Crippen molar-refractivity contribution in [3.8, 4) is 5.75 Å². The summed E-state index contributed by atoms with van der Waals surface area (Å²) in [4.78, 5) is 21.0. The van der Waals surface area contributed by atoms with Gasteiger partial charge in [0.25, 0.3) is 5.91 Å². The largest absolute Gasteiger partial charge is 0.496 e. The fourth-order valence-electron chi connectivity index (χ4n) is 2.52. The lowest BCUT2D eigenvalue weighted by atomic mass is 10.2. The van der Waals surface area contributed by atoms with Crippen LogP contribution in [0.15, 0.2) is 54.7 Å². The first kappa shape index (κ1) is 18.7. The van der Waals surface area contributed by atoms with Crippen molar-refractivity contribution in [1.82, 2.24) is 9.97 Å². The van der Waals surface area contributed by atoms with E-state index in [1.54, 1.807) is 31.4 Å². The average molecular weight is 383 g/mol. The molecule has 27 heavy (non-hydrogen) atoms. The summed E-state index contributed by atoms with van der Waals surface area (Å²) in [5.41, 5.74) is 2.67. The first-order chi connectivity index (χ1) is 13.1. The molecule has 0 bridgehead atoms. The van der Waals surface area contributed by atoms with Crippen LogP contribution in [0.1, 0.15) is 21.6 Å². The number of hydrogen-bond donors (Lipinski definition) is 2. The fraction of sp³-hybridized carbons (Fsp3) is 0.150. The molecule has 3 rings (SSSR count). The molecule has 2 N–H and O–H groups in total. The van der Waals surface area contributed by atoms with Crippen LogP contribution >= 0.6 is 11.6 Å². The summed E-state index contributed by atoms with van der Waals surface area (Å²) in [5.74, 6) is 0.801. The lowest BCUT2D eigenvalue weighted by Crippen LogP contribution is -2.16. The number of anilines is 2. The number of rotatable bonds is 6. The van der Waals surface area contributed by atoms with Crippen molar-refractivity contribution >= 4 is 29.1 Å². The minimum absolute atomic E-state index is 0.256. The number of carbonyl (C=O) groups excluding carboxylic acids is 1. The second kappa shape index (κ2) is 8.51. The minimum atomic E-state index is -0.330. The number of aromatic nitrogens is 2. The third-order valence-electron chi connectivity index (χ3n) is 4.03. The van der Waals surface area contributed by atoms with Crippen molar-refractivity contribution < 1.29 is 9.53 Å². The predicted molar refractivity (Wildman–Crippen MR) is 106 cm³/mol. The zero-order valence-corrected chi connectivity index (χ0v) is 15.7. The Morgan fingerprint density at radius 2 is 1.96 bits per heavy atom. The highest BCUT2D eigenvalue weighted by Crippen LogP contribution is 2.23. The van der Waals surface area contributed by atoms with Crippen LogP contribution in [0.3, 0.4) is 0 Å². The Labute approximate surface area is 162 Å². The number of benzene rings is 2. The molecule has 0 aliphatic carbocycles. The second-order valence-corrected chi connectivity index (χ2v) is 6.20. The van der Waals surface area contributed by atoms with Crippen LogP contribution < -0.4 is 15.4 Å². The molecule has 6 nitrogen and oxygen atoms in total. The molecular formula is C20H19ClN4O2. The molecule has 1 amide bonds. The molecule has 0 aliphatic heterocycles. The van der Waals surface area contributed by atoms with Gasteiger partial charge in [0.1, 0.15) is 11.4 Å². The summed E-state index contributed by atoms with van der Waals surface area (Å²) in [6.45, 7) is 2.32. The maximum absolute atomic E-state index is 12.5. The van der Waals surface area contributed by atoms with Crippen LogP contribution in [0, 0.1) is 6.92 Å². The van der Waals surface area contributed by atoms with Crippen LogP contribution in [0.5, 0.6) is 5.75 Å². The highest BCUT2D eigenvalue weighted by molar-refractivity contribution is 6.31. The van der Waals surface area contributed by atoms with Crippen LogP contribution in [-0.2, 0) is 6.54 Å². The highest BCUT2D eigenvalue weighted by Gasteiger charge is 2.12. The summed E-state index contributed by atoms with van der Waals surface area (Å²) < 4.78 is 5.33. The maximum Gasteiger partial charge on any atom is 0.274 e. The van der Waals surface area contributed by atoms with Crippen molar-refractivity contribution in [2.45, 2.75) is 13.5 Å².